The molecule has 0 aliphatic carbocycles. The van der Waals surface area contributed by atoms with E-state index in [1.807, 2.05) is 38.2 Å². The van der Waals surface area contributed by atoms with Crippen molar-refractivity contribution in [1.29, 1.82) is 0 Å². The highest BCUT2D eigenvalue weighted by atomic mass is 16.5. The third kappa shape index (κ3) is 3.57. The average Bonchev–Trinajstić information content (AvgIpc) is 2.91. The minimum Gasteiger partial charge on any atom is -0.496 e. The van der Waals surface area contributed by atoms with E-state index < -0.39 is 0 Å². The van der Waals surface area contributed by atoms with Crippen molar-refractivity contribution in [1.82, 2.24) is 14.9 Å². The van der Waals surface area contributed by atoms with Crippen LogP contribution in [0.1, 0.15) is 22.5 Å². The van der Waals surface area contributed by atoms with Gasteiger partial charge in [0.05, 0.1) is 18.9 Å². The number of rotatable bonds is 5. The number of methoxy groups -OCH3 is 1. The van der Waals surface area contributed by atoms with Crippen LogP contribution in [0.3, 0.4) is 0 Å². The highest BCUT2D eigenvalue weighted by molar-refractivity contribution is 5.41. The molecule has 0 saturated carbocycles. The fourth-order valence-corrected chi connectivity index (χ4v) is 3.50. The van der Waals surface area contributed by atoms with Crippen molar-refractivity contribution >= 4 is 0 Å². The molecule has 1 aliphatic heterocycles. The molecule has 1 N–H and O–H groups in total. The fraction of sp³-hybridized carbons (Fsp3) is 0.474. The van der Waals surface area contributed by atoms with E-state index in [9.17, 15) is 5.11 Å². The molecule has 3 heterocycles. The molecule has 0 unspecified atom stereocenters. The third-order valence-electron chi connectivity index (χ3n) is 4.80. The number of ether oxygens (including phenoxy) is 1. The number of likely N-dealkylation sites (tertiary alicyclic amines) is 1. The van der Waals surface area contributed by atoms with Crippen molar-refractivity contribution in [3.63, 3.8) is 0 Å². The standard InChI is InChI=1S/C19H25N3O2/c1-13-9-21-17(14(2)19(13)24-3)11-22-10-15(18(23)12-22)8-16-6-4-5-7-20-16/h4-7,9,15,18,23H,8,10-12H2,1-3H3/t15-,18-/m1/s1. The summed E-state index contributed by atoms with van der Waals surface area (Å²) in [6.45, 7) is 6.32. The molecule has 0 amide bonds. The lowest BCUT2D eigenvalue weighted by Crippen LogP contribution is -2.22. The van der Waals surface area contributed by atoms with Gasteiger partial charge in [-0.25, -0.2) is 0 Å². The van der Waals surface area contributed by atoms with Crippen LogP contribution >= 0.6 is 0 Å². The Hall–Kier alpha value is -1.98. The Labute approximate surface area is 143 Å². The number of nitrogens with zero attached hydrogens (tertiary/aromatic N) is 3. The highest BCUT2D eigenvalue weighted by Gasteiger charge is 2.32. The lowest BCUT2D eigenvalue weighted by Gasteiger charge is -2.18. The summed E-state index contributed by atoms with van der Waals surface area (Å²) in [5.41, 5.74) is 4.19. The second-order valence-corrected chi connectivity index (χ2v) is 6.59. The quantitative estimate of drug-likeness (QED) is 0.912. The van der Waals surface area contributed by atoms with E-state index in [0.717, 1.165) is 47.8 Å². The zero-order chi connectivity index (χ0) is 17.1. The van der Waals surface area contributed by atoms with E-state index in [2.05, 4.69) is 14.9 Å². The van der Waals surface area contributed by atoms with Gasteiger partial charge >= 0.3 is 0 Å². The Kier molecular flexibility index (Phi) is 5.11. The van der Waals surface area contributed by atoms with Gasteiger partial charge in [0.2, 0.25) is 0 Å². The molecule has 2 aromatic rings. The Morgan fingerprint density at radius 3 is 2.79 bits per heavy atom. The first-order chi connectivity index (χ1) is 11.6. The molecule has 24 heavy (non-hydrogen) atoms. The fourth-order valence-electron chi connectivity index (χ4n) is 3.50. The molecule has 5 heteroatoms. The molecule has 1 aliphatic rings. The number of hydrogen-bond donors (Lipinski definition) is 1. The molecule has 0 bridgehead atoms. The second-order valence-electron chi connectivity index (χ2n) is 6.59. The number of β-amino-alcohol motifs (C(OH)–C–C–N with tert-alkyl or cyclic N) is 1. The summed E-state index contributed by atoms with van der Waals surface area (Å²) in [4.78, 5) is 11.2. The molecule has 5 nitrogen and oxygen atoms in total. The molecule has 128 valence electrons. The molecule has 0 radical (unpaired) electrons. The van der Waals surface area contributed by atoms with Gasteiger partial charge < -0.3 is 9.84 Å². The number of aromatic nitrogens is 2. The van der Waals surface area contributed by atoms with Crippen LogP contribution in [-0.4, -0.2) is 46.3 Å². The summed E-state index contributed by atoms with van der Waals surface area (Å²) in [6.07, 6.45) is 4.15. The normalized spacial score (nSPS) is 21.2. The Morgan fingerprint density at radius 2 is 2.08 bits per heavy atom. The van der Waals surface area contributed by atoms with E-state index in [1.54, 1.807) is 13.3 Å². The Bertz CT molecular complexity index is 691. The SMILES string of the molecule is COc1c(C)cnc(CN2C[C@@H](Cc3ccccn3)[C@H](O)C2)c1C. The number of aryl methyl sites for hydroxylation is 1. The monoisotopic (exact) mass is 327 g/mol. The van der Waals surface area contributed by atoms with Gasteiger partial charge in [0, 0.05) is 54.8 Å². The van der Waals surface area contributed by atoms with Crippen LogP contribution in [0.2, 0.25) is 0 Å². The first-order valence-corrected chi connectivity index (χ1v) is 8.38. The van der Waals surface area contributed by atoms with Crippen LogP contribution in [0.15, 0.2) is 30.6 Å². The lowest BCUT2D eigenvalue weighted by atomic mass is 10.00. The predicted molar refractivity (Wildman–Crippen MR) is 93.0 cm³/mol. The van der Waals surface area contributed by atoms with Gasteiger partial charge in [-0.15, -0.1) is 0 Å². The molecular weight excluding hydrogens is 302 g/mol. The maximum absolute atomic E-state index is 10.4. The van der Waals surface area contributed by atoms with Crippen LogP contribution < -0.4 is 4.74 Å². The Morgan fingerprint density at radius 1 is 1.25 bits per heavy atom. The lowest BCUT2D eigenvalue weighted by molar-refractivity contribution is 0.140. The van der Waals surface area contributed by atoms with Gasteiger partial charge in [0.15, 0.2) is 0 Å². The third-order valence-corrected chi connectivity index (χ3v) is 4.80. The molecule has 2 atom stereocenters. The van der Waals surface area contributed by atoms with Gasteiger partial charge in [-0.2, -0.15) is 0 Å². The number of hydrogen-bond acceptors (Lipinski definition) is 5. The van der Waals surface area contributed by atoms with Gasteiger partial charge in [0.1, 0.15) is 5.75 Å². The molecular formula is C19H25N3O2. The van der Waals surface area contributed by atoms with Gasteiger partial charge in [0.25, 0.3) is 0 Å². The summed E-state index contributed by atoms with van der Waals surface area (Å²) in [5.74, 6) is 1.12. The second kappa shape index (κ2) is 7.28. The maximum Gasteiger partial charge on any atom is 0.128 e. The smallest absolute Gasteiger partial charge is 0.128 e. The van der Waals surface area contributed by atoms with Crippen LogP contribution in [-0.2, 0) is 13.0 Å². The van der Waals surface area contributed by atoms with Gasteiger partial charge in [-0.3, -0.25) is 14.9 Å². The summed E-state index contributed by atoms with van der Waals surface area (Å²) in [7, 11) is 1.70. The first-order valence-electron chi connectivity index (χ1n) is 8.38. The summed E-state index contributed by atoms with van der Waals surface area (Å²) in [5, 5.41) is 10.4. The van der Waals surface area contributed by atoms with Crippen molar-refractivity contribution in [2.75, 3.05) is 20.2 Å². The average molecular weight is 327 g/mol. The van der Waals surface area contributed by atoms with Crippen molar-refractivity contribution in [2.45, 2.75) is 32.9 Å². The van der Waals surface area contributed by atoms with Crippen LogP contribution in [0, 0.1) is 19.8 Å². The summed E-state index contributed by atoms with van der Waals surface area (Å²) >= 11 is 0. The van der Waals surface area contributed by atoms with Crippen LogP contribution in [0.4, 0.5) is 0 Å². The van der Waals surface area contributed by atoms with Crippen molar-refractivity contribution in [2.24, 2.45) is 5.92 Å². The van der Waals surface area contributed by atoms with Crippen LogP contribution in [0.25, 0.3) is 0 Å². The molecule has 3 rings (SSSR count). The van der Waals surface area contributed by atoms with E-state index in [-0.39, 0.29) is 12.0 Å². The molecule has 1 fully saturated rings. The topological polar surface area (TPSA) is 58.5 Å². The van der Waals surface area contributed by atoms with Crippen molar-refractivity contribution < 1.29 is 9.84 Å². The van der Waals surface area contributed by atoms with Crippen LogP contribution in [0.5, 0.6) is 5.75 Å². The number of aliphatic hydroxyl groups excluding tert-OH is 1. The van der Waals surface area contributed by atoms with E-state index in [4.69, 9.17) is 4.74 Å². The number of pyridine rings is 2. The van der Waals surface area contributed by atoms with Crippen molar-refractivity contribution in [3.05, 3.63) is 53.1 Å². The predicted octanol–water partition coefficient (Wildman–Crippen LogP) is 2.14. The zero-order valence-electron chi connectivity index (χ0n) is 14.6. The first kappa shape index (κ1) is 16.9. The Balaban J connectivity index is 1.67. The minimum atomic E-state index is -0.320. The van der Waals surface area contributed by atoms with E-state index in [0.29, 0.717) is 6.54 Å². The summed E-state index contributed by atoms with van der Waals surface area (Å²) in [6, 6.07) is 5.93. The van der Waals surface area contributed by atoms with E-state index in [1.165, 1.54) is 0 Å². The minimum absolute atomic E-state index is 0.215. The number of aliphatic hydroxyl groups is 1. The van der Waals surface area contributed by atoms with Gasteiger partial charge in [-0.05, 0) is 32.4 Å². The van der Waals surface area contributed by atoms with Crippen molar-refractivity contribution in [3.8, 4) is 5.75 Å². The largest absolute Gasteiger partial charge is 0.496 e. The highest BCUT2D eigenvalue weighted by Crippen LogP contribution is 2.27. The zero-order valence-corrected chi connectivity index (χ0v) is 14.6. The van der Waals surface area contributed by atoms with Gasteiger partial charge in [-0.1, -0.05) is 6.07 Å². The molecule has 1 saturated heterocycles. The molecule has 0 spiro atoms. The van der Waals surface area contributed by atoms with E-state index >= 15 is 0 Å². The molecule has 0 aromatic carbocycles. The summed E-state index contributed by atoms with van der Waals surface area (Å²) < 4.78 is 5.49. The molecule has 2 aromatic heterocycles. The maximum atomic E-state index is 10.4.